The normalized spacial score (nSPS) is 10.9. The Hall–Kier alpha value is -1.63. The topological polar surface area (TPSA) is 17.1 Å². The maximum absolute atomic E-state index is 12.2. The lowest BCUT2D eigenvalue weighted by Gasteiger charge is -2.05. The first-order valence-electron chi connectivity index (χ1n) is 7.80. The van der Waals surface area contributed by atoms with E-state index in [2.05, 4.69) is 38.1 Å². The van der Waals surface area contributed by atoms with Gasteiger partial charge in [-0.05, 0) is 35.2 Å². The molecule has 2 aromatic carbocycles. The molecule has 0 saturated carbocycles. The summed E-state index contributed by atoms with van der Waals surface area (Å²) in [5.74, 6) is 0.280. The monoisotopic (exact) mass is 268 g/mol. The van der Waals surface area contributed by atoms with Crippen LogP contribution in [0.3, 0.4) is 0 Å². The maximum atomic E-state index is 12.2. The van der Waals surface area contributed by atoms with Crippen LogP contribution >= 0.6 is 0 Å². The molecule has 0 atom stereocenters. The summed E-state index contributed by atoms with van der Waals surface area (Å²) in [4.78, 5) is 12.2. The van der Waals surface area contributed by atoms with Crippen molar-refractivity contribution < 1.29 is 4.79 Å². The van der Waals surface area contributed by atoms with Crippen molar-refractivity contribution in [1.29, 1.82) is 0 Å². The number of ketones is 1. The van der Waals surface area contributed by atoms with Gasteiger partial charge in [0.2, 0.25) is 0 Å². The SMILES string of the molecule is CCCCCCC(=O)c1ccc2cc(CC)ccc2c1. The van der Waals surface area contributed by atoms with E-state index < -0.39 is 0 Å². The molecular formula is C19H24O. The Kier molecular flexibility index (Phi) is 5.34. The molecule has 0 aromatic heterocycles. The quantitative estimate of drug-likeness (QED) is 0.475. The minimum absolute atomic E-state index is 0.280. The minimum Gasteiger partial charge on any atom is -0.294 e. The molecule has 0 aliphatic heterocycles. The zero-order chi connectivity index (χ0) is 14.4. The number of fused-ring (bicyclic) bond motifs is 1. The van der Waals surface area contributed by atoms with E-state index in [1.807, 2.05) is 12.1 Å². The molecule has 2 rings (SSSR count). The fourth-order valence-corrected chi connectivity index (χ4v) is 2.55. The second kappa shape index (κ2) is 7.23. The van der Waals surface area contributed by atoms with Crippen molar-refractivity contribution >= 4 is 16.6 Å². The highest BCUT2D eigenvalue weighted by molar-refractivity contribution is 6.00. The van der Waals surface area contributed by atoms with Gasteiger partial charge in [0.15, 0.2) is 5.78 Å². The number of benzene rings is 2. The zero-order valence-electron chi connectivity index (χ0n) is 12.6. The van der Waals surface area contributed by atoms with E-state index in [1.165, 1.54) is 29.2 Å². The summed E-state index contributed by atoms with van der Waals surface area (Å²) in [5.41, 5.74) is 2.20. The number of hydrogen-bond donors (Lipinski definition) is 0. The van der Waals surface area contributed by atoms with Gasteiger partial charge in [-0.3, -0.25) is 4.79 Å². The second-order valence-corrected chi connectivity index (χ2v) is 5.48. The predicted molar refractivity (Wildman–Crippen MR) is 86.4 cm³/mol. The highest BCUT2D eigenvalue weighted by Gasteiger charge is 2.06. The van der Waals surface area contributed by atoms with Crippen LogP contribution in [-0.2, 0) is 6.42 Å². The third kappa shape index (κ3) is 3.69. The van der Waals surface area contributed by atoms with Gasteiger partial charge in [-0.2, -0.15) is 0 Å². The highest BCUT2D eigenvalue weighted by atomic mass is 16.1. The maximum Gasteiger partial charge on any atom is 0.162 e. The van der Waals surface area contributed by atoms with Crippen molar-refractivity contribution in [3.05, 3.63) is 47.5 Å². The molecule has 0 aliphatic carbocycles. The molecule has 1 heteroatoms. The van der Waals surface area contributed by atoms with E-state index in [0.29, 0.717) is 6.42 Å². The molecule has 2 aromatic rings. The molecule has 0 heterocycles. The number of carbonyl (C=O) groups excluding carboxylic acids is 1. The number of unbranched alkanes of at least 4 members (excludes halogenated alkanes) is 3. The lowest BCUT2D eigenvalue weighted by Crippen LogP contribution is -1.98. The predicted octanol–water partition coefficient (Wildman–Crippen LogP) is 5.56. The van der Waals surface area contributed by atoms with Gasteiger partial charge in [0.1, 0.15) is 0 Å². The Morgan fingerprint density at radius 3 is 2.40 bits per heavy atom. The molecular weight excluding hydrogens is 244 g/mol. The number of rotatable bonds is 7. The van der Waals surface area contributed by atoms with Crippen molar-refractivity contribution in [2.75, 3.05) is 0 Å². The summed E-state index contributed by atoms with van der Waals surface area (Å²) in [7, 11) is 0. The fraction of sp³-hybridized carbons (Fsp3) is 0.421. The van der Waals surface area contributed by atoms with Gasteiger partial charge < -0.3 is 0 Å². The Balaban J connectivity index is 2.09. The van der Waals surface area contributed by atoms with Gasteiger partial charge in [0, 0.05) is 12.0 Å². The van der Waals surface area contributed by atoms with Gasteiger partial charge in [-0.25, -0.2) is 0 Å². The first-order chi connectivity index (χ1) is 9.74. The number of carbonyl (C=O) groups is 1. The summed E-state index contributed by atoms with van der Waals surface area (Å²) in [6, 6.07) is 12.6. The average Bonchev–Trinajstić information content (AvgIpc) is 2.50. The molecule has 0 amide bonds. The van der Waals surface area contributed by atoms with Gasteiger partial charge in [0.05, 0.1) is 0 Å². The molecule has 0 aliphatic rings. The molecule has 0 radical (unpaired) electrons. The second-order valence-electron chi connectivity index (χ2n) is 5.48. The third-order valence-electron chi connectivity index (χ3n) is 3.89. The van der Waals surface area contributed by atoms with Crippen molar-refractivity contribution in [3.8, 4) is 0 Å². The summed E-state index contributed by atoms with van der Waals surface area (Å²) in [6.45, 7) is 4.35. The van der Waals surface area contributed by atoms with E-state index in [1.54, 1.807) is 0 Å². The van der Waals surface area contributed by atoms with Crippen LogP contribution in [0.25, 0.3) is 10.8 Å². The third-order valence-corrected chi connectivity index (χ3v) is 3.89. The largest absolute Gasteiger partial charge is 0.294 e. The molecule has 0 N–H and O–H groups in total. The van der Waals surface area contributed by atoms with Crippen LogP contribution < -0.4 is 0 Å². The Morgan fingerprint density at radius 2 is 1.65 bits per heavy atom. The summed E-state index contributed by atoms with van der Waals surface area (Å²) < 4.78 is 0. The van der Waals surface area contributed by atoms with Crippen LogP contribution in [0.15, 0.2) is 36.4 Å². The van der Waals surface area contributed by atoms with Gasteiger partial charge >= 0.3 is 0 Å². The summed E-state index contributed by atoms with van der Waals surface area (Å²) in [6.07, 6.45) is 6.34. The fourth-order valence-electron chi connectivity index (χ4n) is 2.55. The summed E-state index contributed by atoms with van der Waals surface area (Å²) >= 11 is 0. The van der Waals surface area contributed by atoms with Crippen LogP contribution in [-0.4, -0.2) is 5.78 Å². The molecule has 1 nitrogen and oxygen atoms in total. The highest BCUT2D eigenvalue weighted by Crippen LogP contribution is 2.20. The van der Waals surface area contributed by atoms with Crippen LogP contribution in [0.1, 0.15) is 61.9 Å². The van der Waals surface area contributed by atoms with Crippen LogP contribution in [0.4, 0.5) is 0 Å². The van der Waals surface area contributed by atoms with Gasteiger partial charge in [-0.1, -0.05) is 63.4 Å². The van der Waals surface area contributed by atoms with E-state index in [4.69, 9.17) is 0 Å². The van der Waals surface area contributed by atoms with Gasteiger partial charge in [0.25, 0.3) is 0 Å². The first kappa shape index (κ1) is 14.8. The minimum atomic E-state index is 0.280. The molecule has 106 valence electrons. The van der Waals surface area contributed by atoms with Crippen molar-refractivity contribution in [1.82, 2.24) is 0 Å². The molecule has 0 bridgehead atoms. The molecule has 0 fully saturated rings. The van der Waals surface area contributed by atoms with E-state index in [0.717, 1.165) is 24.8 Å². The average molecular weight is 268 g/mol. The van der Waals surface area contributed by atoms with Crippen LogP contribution in [0, 0.1) is 0 Å². The van der Waals surface area contributed by atoms with Crippen molar-refractivity contribution in [3.63, 3.8) is 0 Å². The first-order valence-corrected chi connectivity index (χ1v) is 7.80. The van der Waals surface area contributed by atoms with E-state index >= 15 is 0 Å². The van der Waals surface area contributed by atoms with E-state index in [-0.39, 0.29) is 5.78 Å². The number of hydrogen-bond acceptors (Lipinski definition) is 1. The smallest absolute Gasteiger partial charge is 0.162 e. The lowest BCUT2D eigenvalue weighted by molar-refractivity contribution is 0.0979. The molecule has 0 saturated heterocycles. The van der Waals surface area contributed by atoms with Gasteiger partial charge in [-0.15, -0.1) is 0 Å². The van der Waals surface area contributed by atoms with Crippen molar-refractivity contribution in [2.24, 2.45) is 0 Å². The van der Waals surface area contributed by atoms with Crippen LogP contribution in [0.2, 0.25) is 0 Å². The Labute approximate surface area is 122 Å². The molecule has 0 spiro atoms. The standard InChI is InChI=1S/C19H24O/c1-3-5-6-7-8-19(20)18-12-11-16-13-15(4-2)9-10-17(16)14-18/h9-14H,3-8H2,1-2H3. The number of aryl methyl sites for hydroxylation is 1. The zero-order valence-corrected chi connectivity index (χ0v) is 12.6. The van der Waals surface area contributed by atoms with E-state index in [9.17, 15) is 4.79 Å². The molecule has 0 unspecified atom stereocenters. The molecule has 20 heavy (non-hydrogen) atoms. The Bertz CT molecular complexity index is 583. The van der Waals surface area contributed by atoms with Crippen LogP contribution in [0.5, 0.6) is 0 Å². The number of Topliss-reactive ketones (excluding diaryl/α,β-unsaturated/α-hetero) is 1. The summed E-state index contributed by atoms with van der Waals surface area (Å²) in [5, 5.41) is 2.40. The van der Waals surface area contributed by atoms with Crippen molar-refractivity contribution in [2.45, 2.75) is 52.4 Å². The Morgan fingerprint density at radius 1 is 0.900 bits per heavy atom. The lowest BCUT2D eigenvalue weighted by atomic mass is 9.99.